The van der Waals surface area contributed by atoms with Gasteiger partial charge in [-0.15, -0.1) is 5.10 Å². The van der Waals surface area contributed by atoms with Gasteiger partial charge in [-0.1, -0.05) is 19.8 Å². The minimum Gasteiger partial charge on any atom is -0.399 e. The van der Waals surface area contributed by atoms with Crippen molar-refractivity contribution in [3.05, 3.63) is 24.0 Å². The Morgan fingerprint density at radius 2 is 2.05 bits per heavy atom. The minimum atomic E-state index is -0.367. The van der Waals surface area contributed by atoms with Crippen LogP contribution < -0.4 is 5.73 Å². The van der Waals surface area contributed by atoms with Crippen LogP contribution in [0.25, 0.3) is 11.4 Å². The number of anilines is 1. The van der Waals surface area contributed by atoms with Gasteiger partial charge in [-0.2, -0.15) is 0 Å². The first kappa shape index (κ1) is 14.0. The molecule has 0 saturated heterocycles. The number of nitrogen functional groups attached to an aromatic ring is 1. The number of hydrogen-bond donors (Lipinski definition) is 1. The van der Waals surface area contributed by atoms with Crippen LogP contribution in [0.15, 0.2) is 18.2 Å². The van der Waals surface area contributed by atoms with Gasteiger partial charge in [0.15, 0.2) is 5.82 Å². The quantitative estimate of drug-likeness (QED) is 0.681. The molecule has 3 rings (SSSR count). The van der Waals surface area contributed by atoms with Gasteiger partial charge in [0.05, 0.1) is 6.04 Å². The molecule has 1 aliphatic rings. The number of halogens is 1. The van der Waals surface area contributed by atoms with Crippen LogP contribution in [0.4, 0.5) is 10.1 Å². The van der Waals surface area contributed by atoms with Gasteiger partial charge >= 0.3 is 0 Å². The van der Waals surface area contributed by atoms with Crippen molar-refractivity contribution in [2.75, 3.05) is 5.73 Å². The molecule has 1 saturated carbocycles. The first-order chi connectivity index (χ1) is 10.1. The topological polar surface area (TPSA) is 69.6 Å². The highest BCUT2D eigenvalue weighted by molar-refractivity contribution is 5.61. The average Bonchev–Trinajstić information content (AvgIpc) is 2.81. The number of aromatic nitrogens is 4. The summed E-state index contributed by atoms with van der Waals surface area (Å²) in [5.41, 5.74) is 6.74. The second-order valence-electron chi connectivity index (χ2n) is 5.99. The molecule has 1 heterocycles. The second kappa shape index (κ2) is 5.79. The van der Waals surface area contributed by atoms with Crippen molar-refractivity contribution < 1.29 is 4.39 Å². The Morgan fingerprint density at radius 3 is 2.86 bits per heavy atom. The molecule has 2 unspecified atom stereocenters. The van der Waals surface area contributed by atoms with Crippen LogP contribution in [0.5, 0.6) is 0 Å². The molecule has 1 aliphatic carbocycles. The van der Waals surface area contributed by atoms with E-state index in [1.54, 1.807) is 6.07 Å². The second-order valence-corrected chi connectivity index (χ2v) is 5.99. The smallest absolute Gasteiger partial charge is 0.182 e. The molecule has 5 nitrogen and oxygen atoms in total. The van der Waals surface area contributed by atoms with E-state index >= 15 is 0 Å². The molecule has 0 bridgehead atoms. The third-order valence-electron chi connectivity index (χ3n) is 4.24. The van der Waals surface area contributed by atoms with Gasteiger partial charge in [0, 0.05) is 11.3 Å². The third kappa shape index (κ3) is 3.04. The molecule has 0 aliphatic heterocycles. The SMILES string of the molecule is CC1CCCC(n2nnnc2-c2cc(N)cc(F)c2)CC1. The molecule has 2 atom stereocenters. The Labute approximate surface area is 123 Å². The Bertz CT molecular complexity index is 604. The highest BCUT2D eigenvalue weighted by Gasteiger charge is 2.22. The van der Waals surface area contributed by atoms with E-state index in [1.807, 2.05) is 4.68 Å². The van der Waals surface area contributed by atoms with Crippen molar-refractivity contribution in [1.29, 1.82) is 0 Å². The van der Waals surface area contributed by atoms with Crippen molar-refractivity contribution in [3.8, 4) is 11.4 Å². The molecule has 0 amide bonds. The van der Waals surface area contributed by atoms with Crippen LogP contribution in [0.2, 0.25) is 0 Å². The van der Waals surface area contributed by atoms with Crippen molar-refractivity contribution in [2.24, 2.45) is 5.92 Å². The zero-order valence-corrected chi connectivity index (χ0v) is 12.2. The molecular formula is C15H20FN5. The van der Waals surface area contributed by atoms with Crippen LogP contribution in [0.3, 0.4) is 0 Å². The van der Waals surface area contributed by atoms with Crippen LogP contribution in [0, 0.1) is 11.7 Å². The third-order valence-corrected chi connectivity index (χ3v) is 4.24. The van der Waals surface area contributed by atoms with Crippen LogP contribution in [-0.4, -0.2) is 20.2 Å². The number of nitrogens with zero attached hydrogens (tertiary/aromatic N) is 4. The van der Waals surface area contributed by atoms with Gasteiger partial charge in [-0.3, -0.25) is 0 Å². The Kier molecular flexibility index (Phi) is 3.86. The van der Waals surface area contributed by atoms with E-state index in [9.17, 15) is 4.39 Å². The summed E-state index contributed by atoms with van der Waals surface area (Å²) in [6, 6.07) is 4.72. The first-order valence-corrected chi connectivity index (χ1v) is 7.48. The van der Waals surface area contributed by atoms with E-state index in [0.717, 1.165) is 18.8 Å². The normalized spacial score (nSPS) is 23.0. The number of benzene rings is 1. The fraction of sp³-hybridized carbons (Fsp3) is 0.533. The Balaban J connectivity index is 1.93. The highest BCUT2D eigenvalue weighted by atomic mass is 19.1. The number of tetrazole rings is 1. The van der Waals surface area contributed by atoms with Crippen molar-refractivity contribution >= 4 is 5.69 Å². The lowest BCUT2D eigenvalue weighted by Crippen LogP contribution is -2.12. The number of nitrogens with two attached hydrogens (primary N) is 1. The number of rotatable bonds is 2. The number of hydrogen-bond acceptors (Lipinski definition) is 4. The maximum atomic E-state index is 13.6. The fourth-order valence-electron chi connectivity index (χ4n) is 3.08. The minimum absolute atomic E-state index is 0.282. The van der Waals surface area contributed by atoms with Crippen molar-refractivity contribution in [3.63, 3.8) is 0 Å². The summed E-state index contributed by atoms with van der Waals surface area (Å²) in [5, 5.41) is 12.0. The maximum Gasteiger partial charge on any atom is 0.182 e. The summed E-state index contributed by atoms with van der Waals surface area (Å²) in [6.07, 6.45) is 5.73. The van der Waals surface area contributed by atoms with Crippen LogP contribution >= 0.6 is 0 Å². The molecule has 2 N–H and O–H groups in total. The van der Waals surface area contributed by atoms with Crippen LogP contribution in [0.1, 0.15) is 45.1 Å². The molecule has 0 radical (unpaired) electrons. The summed E-state index contributed by atoms with van der Waals surface area (Å²) < 4.78 is 15.4. The van der Waals surface area contributed by atoms with Gasteiger partial charge < -0.3 is 5.73 Å². The summed E-state index contributed by atoms with van der Waals surface area (Å²) in [7, 11) is 0. The molecule has 1 fully saturated rings. The lowest BCUT2D eigenvalue weighted by molar-refractivity contribution is 0.394. The van der Waals surface area contributed by atoms with Gasteiger partial charge in [0.1, 0.15) is 5.82 Å². The Morgan fingerprint density at radius 1 is 1.19 bits per heavy atom. The average molecular weight is 289 g/mol. The van der Waals surface area contributed by atoms with E-state index in [-0.39, 0.29) is 11.9 Å². The molecule has 2 aromatic rings. The maximum absolute atomic E-state index is 13.6. The van der Waals surface area contributed by atoms with Gasteiger partial charge in [-0.05, 0) is 53.8 Å². The monoisotopic (exact) mass is 289 g/mol. The summed E-state index contributed by atoms with van der Waals surface area (Å²) >= 11 is 0. The fourth-order valence-corrected chi connectivity index (χ4v) is 3.08. The summed E-state index contributed by atoms with van der Waals surface area (Å²) in [5.74, 6) is 0.981. The predicted molar refractivity (Wildman–Crippen MR) is 78.9 cm³/mol. The van der Waals surface area contributed by atoms with E-state index in [1.165, 1.54) is 31.4 Å². The molecule has 21 heavy (non-hydrogen) atoms. The summed E-state index contributed by atoms with van der Waals surface area (Å²) in [6.45, 7) is 2.29. The van der Waals surface area contributed by atoms with E-state index < -0.39 is 0 Å². The molecule has 0 spiro atoms. The van der Waals surface area contributed by atoms with Crippen molar-refractivity contribution in [2.45, 2.75) is 45.1 Å². The van der Waals surface area contributed by atoms with E-state index in [2.05, 4.69) is 22.4 Å². The molecular weight excluding hydrogens is 269 g/mol. The van der Waals surface area contributed by atoms with Gasteiger partial charge in [-0.25, -0.2) is 9.07 Å². The molecule has 112 valence electrons. The molecule has 1 aromatic heterocycles. The zero-order chi connectivity index (χ0) is 14.8. The largest absolute Gasteiger partial charge is 0.399 e. The lowest BCUT2D eigenvalue weighted by Gasteiger charge is -2.16. The zero-order valence-electron chi connectivity index (χ0n) is 12.2. The highest BCUT2D eigenvalue weighted by Crippen LogP contribution is 2.32. The van der Waals surface area contributed by atoms with Crippen molar-refractivity contribution in [1.82, 2.24) is 20.2 Å². The lowest BCUT2D eigenvalue weighted by atomic mass is 10.0. The standard InChI is InChI=1S/C15H20FN5/c1-10-3-2-4-14(6-5-10)21-15(18-19-20-21)11-7-12(16)9-13(17)8-11/h7-10,14H,2-6,17H2,1H3. The van der Waals surface area contributed by atoms with Gasteiger partial charge in [0.2, 0.25) is 0 Å². The van der Waals surface area contributed by atoms with Crippen LogP contribution in [-0.2, 0) is 0 Å². The molecule has 1 aromatic carbocycles. The first-order valence-electron chi connectivity index (χ1n) is 7.48. The Hall–Kier alpha value is -1.98. The van der Waals surface area contributed by atoms with E-state index in [0.29, 0.717) is 17.1 Å². The van der Waals surface area contributed by atoms with Gasteiger partial charge in [0.25, 0.3) is 0 Å². The van der Waals surface area contributed by atoms with E-state index in [4.69, 9.17) is 5.73 Å². The molecule has 6 heteroatoms. The predicted octanol–water partition coefficient (Wildman–Crippen LogP) is 3.20. The summed E-state index contributed by atoms with van der Waals surface area (Å²) in [4.78, 5) is 0.